The smallest absolute Gasteiger partial charge is 0.326 e. The summed E-state index contributed by atoms with van der Waals surface area (Å²) in [5.74, 6) is -4.72. The zero-order chi connectivity index (χ0) is 49.8. The van der Waals surface area contributed by atoms with Crippen molar-refractivity contribution in [1.29, 1.82) is 0 Å². The molecule has 0 bridgehead atoms. The first-order valence-corrected chi connectivity index (χ1v) is 21.3. The van der Waals surface area contributed by atoms with Crippen LogP contribution >= 0.6 is 0 Å². The topological polar surface area (TPSA) is 244 Å². The molecule has 0 aromatic carbocycles. The van der Waals surface area contributed by atoms with Crippen LogP contribution in [-0.2, 0) is 38.2 Å². The van der Waals surface area contributed by atoms with Gasteiger partial charge in [0.05, 0.1) is 0 Å². The number of carboxylic acids is 2. The third-order valence-corrected chi connectivity index (χ3v) is 10.4. The molecule has 356 valence electrons. The average molecular weight is 913 g/mol. The Hall–Kier alpha value is -7.10. The van der Waals surface area contributed by atoms with Crippen molar-refractivity contribution in [2.75, 3.05) is 26.2 Å². The molecule has 2 aliphatic carbocycles. The summed E-state index contributed by atoms with van der Waals surface area (Å²) in [6, 6.07) is -1.68. The van der Waals surface area contributed by atoms with E-state index in [-0.39, 0.29) is 24.4 Å². The molecule has 66 heavy (non-hydrogen) atoms. The molecule has 0 aromatic heterocycles. The second-order valence-corrected chi connectivity index (χ2v) is 17.2. The minimum Gasteiger partial charge on any atom is -0.480 e. The highest BCUT2D eigenvalue weighted by Crippen LogP contribution is 2.42. The molecule has 2 aliphatic rings. The summed E-state index contributed by atoms with van der Waals surface area (Å²) in [5.41, 5.74) is 5.59. The van der Waals surface area contributed by atoms with Crippen molar-refractivity contribution in [1.82, 2.24) is 21.3 Å². The molecule has 0 spiro atoms. The summed E-state index contributed by atoms with van der Waals surface area (Å²) in [5, 5.41) is 25.9. The number of esters is 2. The minimum absolute atomic E-state index is 0.252. The van der Waals surface area contributed by atoms with Gasteiger partial charge in [-0.2, -0.15) is 0 Å². The third kappa shape index (κ3) is 19.3. The van der Waals surface area contributed by atoms with Crippen LogP contribution in [0.2, 0.25) is 0 Å². The van der Waals surface area contributed by atoms with Gasteiger partial charge in [-0.1, -0.05) is 135 Å². The van der Waals surface area contributed by atoms with Crippen LogP contribution in [0.1, 0.15) is 82.1 Å². The Bertz CT molecular complexity index is 2100. The molecular weight excluding hydrogens is 849 g/mol. The number of aliphatic carboxylic acids is 2. The Labute approximate surface area is 386 Å². The summed E-state index contributed by atoms with van der Waals surface area (Å²) in [6.07, 6.45) is 25.8. The molecule has 16 nitrogen and oxygen atoms in total. The summed E-state index contributed by atoms with van der Waals surface area (Å²) in [6.45, 7) is 16.9. The van der Waals surface area contributed by atoms with E-state index >= 15 is 0 Å². The number of hydrogen-bond donors (Lipinski definition) is 6. The standard InChI is InChI=1S/C50H64N4O12/c1-31(17-13-19-33(3)21-23-37-35(5)45(61)39(25-49(37,7)8)65-43(59)29-53-47(63)51-27-41(55)56)15-11-12-16-32(2)18-14-20-34(4)22-24-38-36(6)46(62)40(26-50(38,9)10)66-44(60)30-54-48(64)52-28-42(57)58/h11-24,39-40H,25-30H2,1-10H3,(H,55,56)(H,57,58)(H2,51,53,63)(H2,52,54,64)/b12-11+,17-13+,18-14+,23-21+,24-22+,31-15+,32-16+,33-19+,34-20+. The lowest BCUT2D eigenvalue weighted by atomic mass is 9.71. The van der Waals surface area contributed by atoms with Crippen LogP contribution in [0.25, 0.3) is 0 Å². The van der Waals surface area contributed by atoms with Crippen molar-refractivity contribution in [2.24, 2.45) is 10.8 Å². The second-order valence-electron chi connectivity index (χ2n) is 17.2. The minimum atomic E-state index is -1.23. The number of hydrogen-bond acceptors (Lipinski definition) is 10. The SMILES string of the molecule is CC1=C(/C=C/C(C)=C/C=C/C(C)=C/C=C/C=C(C)/C=C/C=C(C)/C=C/C2=C(C)C(=O)C(OC(=O)CNC(=O)NCC(=O)O)CC2(C)C)C(C)(C)CC(OC(=O)CNC(=O)NCC(=O)O)C1=O. The van der Waals surface area contributed by atoms with Crippen molar-refractivity contribution in [3.8, 4) is 0 Å². The number of ether oxygens (including phenoxy) is 2. The summed E-state index contributed by atoms with van der Waals surface area (Å²) in [7, 11) is 0. The van der Waals surface area contributed by atoms with Crippen molar-refractivity contribution >= 4 is 47.5 Å². The number of rotatable bonds is 20. The zero-order valence-corrected chi connectivity index (χ0v) is 39.5. The molecule has 2 unspecified atom stereocenters. The van der Waals surface area contributed by atoms with E-state index < -0.39 is 85.2 Å². The molecule has 0 aromatic rings. The molecule has 2 rings (SSSR count). The van der Waals surface area contributed by atoms with Gasteiger partial charge in [-0.3, -0.25) is 28.8 Å². The van der Waals surface area contributed by atoms with Crippen LogP contribution in [-0.4, -0.2) is 96.1 Å². The van der Waals surface area contributed by atoms with Crippen molar-refractivity contribution in [2.45, 2.75) is 94.3 Å². The van der Waals surface area contributed by atoms with E-state index in [2.05, 4.69) is 21.3 Å². The van der Waals surface area contributed by atoms with E-state index in [1.165, 1.54) is 0 Å². The molecule has 16 heteroatoms. The maximum absolute atomic E-state index is 13.1. The molecular formula is C50H64N4O12. The first-order chi connectivity index (χ1) is 30.8. The fraction of sp³-hybridized carbons (Fsp3) is 0.400. The molecule has 0 aliphatic heterocycles. The molecule has 0 radical (unpaired) electrons. The van der Waals surface area contributed by atoms with Crippen LogP contribution in [0.5, 0.6) is 0 Å². The van der Waals surface area contributed by atoms with Crippen molar-refractivity contribution in [3.05, 3.63) is 130 Å². The van der Waals surface area contributed by atoms with Gasteiger partial charge in [-0.25, -0.2) is 9.59 Å². The van der Waals surface area contributed by atoms with Crippen LogP contribution in [0.4, 0.5) is 9.59 Å². The number of amides is 4. The van der Waals surface area contributed by atoms with E-state index in [0.717, 1.165) is 33.4 Å². The maximum Gasteiger partial charge on any atom is 0.326 e. The summed E-state index contributed by atoms with van der Waals surface area (Å²) < 4.78 is 10.8. The molecule has 0 saturated carbocycles. The molecule has 0 fully saturated rings. The lowest BCUT2D eigenvalue weighted by Crippen LogP contribution is -2.43. The van der Waals surface area contributed by atoms with Gasteiger partial charge in [-0.15, -0.1) is 0 Å². The lowest BCUT2D eigenvalue weighted by Gasteiger charge is -2.36. The van der Waals surface area contributed by atoms with Crippen molar-refractivity contribution in [3.63, 3.8) is 0 Å². The Morgan fingerprint density at radius 1 is 0.530 bits per heavy atom. The highest BCUT2D eigenvalue weighted by molar-refractivity contribution is 6.02. The van der Waals surface area contributed by atoms with Gasteiger partial charge in [-0.05, 0) is 74.7 Å². The molecule has 2 atom stereocenters. The second kappa shape index (κ2) is 26.0. The number of carbonyl (C=O) groups is 8. The normalized spacial score (nSPS) is 19.6. The average Bonchev–Trinajstić information content (AvgIpc) is 3.22. The summed E-state index contributed by atoms with van der Waals surface area (Å²) in [4.78, 5) is 95.4. The number of urea groups is 2. The summed E-state index contributed by atoms with van der Waals surface area (Å²) >= 11 is 0. The monoisotopic (exact) mass is 912 g/mol. The van der Waals surface area contributed by atoms with E-state index in [4.69, 9.17) is 19.7 Å². The predicted octanol–water partition coefficient (Wildman–Crippen LogP) is 6.77. The number of ketones is 2. The highest BCUT2D eigenvalue weighted by atomic mass is 16.6. The zero-order valence-electron chi connectivity index (χ0n) is 39.5. The van der Waals surface area contributed by atoms with Gasteiger partial charge < -0.3 is 41.0 Å². The molecule has 0 heterocycles. The molecule has 4 amide bonds. The number of nitrogens with one attached hydrogen (secondary N) is 4. The number of carboxylic acid groups (broad SMARTS) is 2. The number of Topliss-reactive ketones (excluding diaryl/α,β-unsaturated/α-hetero) is 2. The first kappa shape index (κ1) is 55.0. The van der Waals surface area contributed by atoms with Crippen LogP contribution in [0.15, 0.2) is 130 Å². The predicted molar refractivity (Wildman–Crippen MR) is 251 cm³/mol. The Morgan fingerprint density at radius 2 is 0.833 bits per heavy atom. The lowest BCUT2D eigenvalue weighted by molar-refractivity contribution is -0.155. The fourth-order valence-electron chi connectivity index (χ4n) is 6.90. The van der Waals surface area contributed by atoms with E-state index in [0.29, 0.717) is 11.1 Å². The number of allylic oxidation sites excluding steroid dienone is 20. The Morgan fingerprint density at radius 3 is 1.17 bits per heavy atom. The third-order valence-electron chi connectivity index (χ3n) is 10.4. The van der Waals surface area contributed by atoms with Gasteiger partial charge >= 0.3 is 35.9 Å². The van der Waals surface area contributed by atoms with Crippen LogP contribution in [0, 0.1) is 10.8 Å². The van der Waals surface area contributed by atoms with Crippen LogP contribution < -0.4 is 21.3 Å². The quantitative estimate of drug-likeness (QED) is 0.0547. The van der Waals surface area contributed by atoms with E-state index in [1.807, 2.05) is 140 Å². The van der Waals surface area contributed by atoms with Gasteiger partial charge in [0, 0.05) is 12.8 Å². The fourth-order valence-corrected chi connectivity index (χ4v) is 6.90. The number of carbonyl (C=O) groups excluding carboxylic acids is 6. The highest BCUT2D eigenvalue weighted by Gasteiger charge is 2.41. The van der Waals surface area contributed by atoms with Crippen molar-refractivity contribution < 1.29 is 58.0 Å². The van der Waals surface area contributed by atoms with E-state index in [1.54, 1.807) is 13.8 Å². The largest absolute Gasteiger partial charge is 0.480 e. The molecule has 6 N–H and O–H groups in total. The van der Waals surface area contributed by atoms with Crippen LogP contribution in [0.3, 0.4) is 0 Å². The van der Waals surface area contributed by atoms with Gasteiger partial charge in [0.1, 0.15) is 26.2 Å². The first-order valence-electron chi connectivity index (χ1n) is 21.3. The van der Waals surface area contributed by atoms with Gasteiger partial charge in [0.15, 0.2) is 23.8 Å². The maximum atomic E-state index is 13.1. The van der Waals surface area contributed by atoms with E-state index in [9.17, 15) is 38.4 Å². The molecule has 0 saturated heterocycles. The Balaban J connectivity index is 1.94. The van der Waals surface area contributed by atoms with Gasteiger partial charge in [0.25, 0.3) is 0 Å². The Kier molecular flexibility index (Phi) is 21.7. The van der Waals surface area contributed by atoms with Gasteiger partial charge in [0.2, 0.25) is 0 Å².